The van der Waals surface area contributed by atoms with Crippen LogP contribution in [0.25, 0.3) is 0 Å². The van der Waals surface area contributed by atoms with Crippen molar-refractivity contribution in [2.24, 2.45) is 0 Å². The number of ether oxygens (including phenoxy) is 3. The van der Waals surface area contributed by atoms with E-state index in [1.807, 2.05) is 24.3 Å². The molecule has 0 spiro atoms. The van der Waals surface area contributed by atoms with Crippen LogP contribution in [-0.4, -0.2) is 31.3 Å². The summed E-state index contributed by atoms with van der Waals surface area (Å²) in [5.41, 5.74) is 3.00. The summed E-state index contributed by atoms with van der Waals surface area (Å²) in [6.45, 7) is 0.943. The first kappa shape index (κ1) is 18.6. The molecule has 1 aliphatic heterocycles. The van der Waals surface area contributed by atoms with Crippen molar-refractivity contribution in [3.8, 4) is 17.2 Å². The number of methoxy groups -OCH3 is 1. The SMILES string of the molecule is COc1cccc(CCNc2ccc(C(=O)Nc3ccc4c(c3)OCO4)nc2)c1. The molecule has 1 aromatic heterocycles. The topological polar surface area (TPSA) is 81.7 Å². The van der Waals surface area contributed by atoms with E-state index >= 15 is 0 Å². The van der Waals surface area contributed by atoms with Crippen LogP contribution in [0.4, 0.5) is 11.4 Å². The lowest BCUT2D eigenvalue weighted by molar-refractivity contribution is 0.102. The van der Waals surface area contributed by atoms with Crippen LogP contribution in [0.5, 0.6) is 17.2 Å². The van der Waals surface area contributed by atoms with Crippen LogP contribution in [0.2, 0.25) is 0 Å². The molecular formula is C22H21N3O4. The van der Waals surface area contributed by atoms with Crippen molar-refractivity contribution < 1.29 is 19.0 Å². The fourth-order valence-electron chi connectivity index (χ4n) is 2.98. The third-order valence-electron chi connectivity index (χ3n) is 4.50. The predicted molar refractivity (Wildman–Crippen MR) is 110 cm³/mol. The first-order valence-corrected chi connectivity index (χ1v) is 9.25. The summed E-state index contributed by atoms with van der Waals surface area (Å²) < 4.78 is 15.8. The largest absolute Gasteiger partial charge is 0.497 e. The maximum Gasteiger partial charge on any atom is 0.274 e. The molecule has 0 bridgehead atoms. The number of hydrogen-bond acceptors (Lipinski definition) is 6. The molecule has 2 heterocycles. The minimum Gasteiger partial charge on any atom is -0.497 e. The summed E-state index contributed by atoms with van der Waals surface area (Å²) in [6.07, 6.45) is 2.50. The second-order valence-corrected chi connectivity index (χ2v) is 6.48. The Bertz CT molecular complexity index is 1010. The van der Waals surface area contributed by atoms with Crippen LogP contribution >= 0.6 is 0 Å². The van der Waals surface area contributed by atoms with Gasteiger partial charge < -0.3 is 24.8 Å². The summed E-state index contributed by atoms with van der Waals surface area (Å²) >= 11 is 0. The number of nitrogens with one attached hydrogen (secondary N) is 2. The van der Waals surface area contributed by atoms with Gasteiger partial charge in [0.25, 0.3) is 5.91 Å². The number of pyridine rings is 1. The van der Waals surface area contributed by atoms with E-state index in [9.17, 15) is 4.79 Å². The van der Waals surface area contributed by atoms with E-state index in [1.54, 1.807) is 37.6 Å². The van der Waals surface area contributed by atoms with Gasteiger partial charge in [-0.1, -0.05) is 12.1 Å². The second kappa shape index (κ2) is 8.52. The highest BCUT2D eigenvalue weighted by molar-refractivity contribution is 6.03. The molecule has 7 heteroatoms. The number of hydrogen-bond donors (Lipinski definition) is 2. The van der Waals surface area contributed by atoms with E-state index in [2.05, 4.69) is 21.7 Å². The van der Waals surface area contributed by atoms with E-state index in [0.717, 1.165) is 24.4 Å². The zero-order valence-corrected chi connectivity index (χ0v) is 16.0. The minimum absolute atomic E-state index is 0.195. The molecule has 1 aliphatic rings. The summed E-state index contributed by atoms with van der Waals surface area (Å²) in [4.78, 5) is 16.7. The number of anilines is 2. The third kappa shape index (κ3) is 4.57. The quantitative estimate of drug-likeness (QED) is 0.639. The van der Waals surface area contributed by atoms with Crippen molar-refractivity contribution in [3.63, 3.8) is 0 Å². The number of aromatic nitrogens is 1. The fourth-order valence-corrected chi connectivity index (χ4v) is 2.98. The zero-order valence-electron chi connectivity index (χ0n) is 16.0. The predicted octanol–water partition coefficient (Wildman–Crippen LogP) is 3.73. The van der Waals surface area contributed by atoms with Crippen LogP contribution in [0.15, 0.2) is 60.8 Å². The molecule has 4 rings (SSSR count). The maximum absolute atomic E-state index is 12.4. The normalized spacial score (nSPS) is 11.8. The molecule has 0 radical (unpaired) electrons. The van der Waals surface area contributed by atoms with Crippen molar-refractivity contribution in [2.75, 3.05) is 31.1 Å². The summed E-state index contributed by atoms with van der Waals surface area (Å²) in [7, 11) is 1.66. The molecule has 0 unspecified atom stereocenters. The Morgan fingerprint density at radius 1 is 1.07 bits per heavy atom. The van der Waals surface area contributed by atoms with E-state index < -0.39 is 0 Å². The van der Waals surface area contributed by atoms with Crippen molar-refractivity contribution in [1.29, 1.82) is 0 Å². The summed E-state index contributed by atoms with van der Waals surface area (Å²) in [5.74, 6) is 1.85. The lowest BCUT2D eigenvalue weighted by Crippen LogP contribution is -2.14. The van der Waals surface area contributed by atoms with Gasteiger partial charge >= 0.3 is 0 Å². The fraction of sp³-hybridized carbons (Fsp3) is 0.182. The molecule has 2 N–H and O–H groups in total. The van der Waals surface area contributed by atoms with Crippen LogP contribution < -0.4 is 24.8 Å². The Balaban J connectivity index is 1.30. The van der Waals surface area contributed by atoms with Gasteiger partial charge in [0.15, 0.2) is 11.5 Å². The Morgan fingerprint density at radius 3 is 2.76 bits per heavy atom. The Hall–Kier alpha value is -3.74. The monoisotopic (exact) mass is 391 g/mol. The van der Waals surface area contributed by atoms with E-state index in [1.165, 1.54) is 5.56 Å². The highest BCUT2D eigenvalue weighted by Gasteiger charge is 2.15. The van der Waals surface area contributed by atoms with E-state index in [4.69, 9.17) is 14.2 Å². The van der Waals surface area contributed by atoms with E-state index in [-0.39, 0.29) is 12.7 Å². The number of nitrogens with zero attached hydrogens (tertiary/aromatic N) is 1. The van der Waals surface area contributed by atoms with Gasteiger partial charge in [-0.2, -0.15) is 0 Å². The number of fused-ring (bicyclic) bond motifs is 1. The highest BCUT2D eigenvalue weighted by Crippen LogP contribution is 2.34. The first-order chi connectivity index (χ1) is 14.2. The molecular weight excluding hydrogens is 370 g/mol. The molecule has 0 aliphatic carbocycles. The van der Waals surface area contributed by atoms with E-state index in [0.29, 0.717) is 22.9 Å². The molecule has 0 atom stereocenters. The number of carbonyl (C=O) groups excluding carboxylic acids is 1. The van der Waals surface area contributed by atoms with Gasteiger partial charge in [0, 0.05) is 18.3 Å². The van der Waals surface area contributed by atoms with Gasteiger partial charge in [-0.3, -0.25) is 4.79 Å². The third-order valence-corrected chi connectivity index (χ3v) is 4.50. The standard InChI is InChI=1S/C22H21N3O4/c1-27-18-4-2-3-15(11-18)9-10-23-17-5-7-19(24-13-17)22(26)25-16-6-8-20-21(12-16)29-14-28-20/h2-8,11-13,23H,9-10,14H2,1H3,(H,25,26). The molecule has 0 fully saturated rings. The first-order valence-electron chi connectivity index (χ1n) is 9.25. The van der Waals surface area contributed by atoms with Crippen molar-refractivity contribution in [1.82, 2.24) is 4.98 Å². The molecule has 7 nitrogen and oxygen atoms in total. The lowest BCUT2D eigenvalue weighted by atomic mass is 10.1. The molecule has 0 saturated heterocycles. The molecule has 0 saturated carbocycles. The van der Waals surface area contributed by atoms with Gasteiger partial charge in [0.05, 0.1) is 19.0 Å². The summed E-state index contributed by atoms with van der Waals surface area (Å²) in [5, 5.41) is 6.12. The van der Waals surface area contributed by atoms with Crippen LogP contribution in [0.1, 0.15) is 16.1 Å². The van der Waals surface area contributed by atoms with Gasteiger partial charge in [0.2, 0.25) is 6.79 Å². The van der Waals surface area contributed by atoms with Crippen LogP contribution in [0, 0.1) is 0 Å². The Kier molecular flexibility index (Phi) is 5.47. The number of rotatable bonds is 7. The second-order valence-electron chi connectivity index (χ2n) is 6.48. The molecule has 148 valence electrons. The number of benzene rings is 2. The minimum atomic E-state index is -0.285. The average Bonchev–Trinajstić information content (AvgIpc) is 3.22. The van der Waals surface area contributed by atoms with Crippen molar-refractivity contribution >= 4 is 17.3 Å². The highest BCUT2D eigenvalue weighted by atomic mass is 16.7. The van der Waals surface area contributed by atoms with Gasteiger partial charge in [0.1, 0.15) is 11.4 Å². The molecule has 3 aromatic rings. The molecule has 1 amide bonds. The van der Waals surface area contributed by atoms with Crippen molar-refractivity contribution in [2.45, 2.75) is 6.42 Å². The smallest absolute Gasteiger partial charge is 0.274 e. The Morgan fingerprint density at radius 2 is 1.93 bits per heavy atom. The zero-order chi connectivity index (χ0) is 20.1. The van der Waals surface area contributed by atoms with Gasteiger partial charge in [-0.15, -0.1) is 0 Å². The maximum atomic E-state index is 12.4. The number of amides is 1. The molecule has 29 heavy (non-hydrogen) atoms. The molecule has 2 aromatic carbocycles. The van der Waals surface area contributed by atoms with Crippen molar-refractivity contribution in [3.05, 3.63) is 72.1 Å². The van der Waals surface area contributed by atoms with Gasteiger partial charge in [-0.25, -0.2) is 4.98 Å². The van der Waals surface area contributed by atoms with Crippen LogP contribution in [-0.2, 0) is 6.42 Å². The lowest BCUT2D eigenvalue weighted by Gasteiger charge is -2.09. The number of carbonyl (C=O) groups is 1. The van der Waals surface area contributed by atoms with Crippen LogP contribution in [0.3, 0.4) is 0 Å². The van der Waals surface area contributed by atoms with Gasteiger partial charge in [-0.05, 0) is 48.4 Å². The Labute approximate surface area is 168 Å². The summed E-state index contributed by atoms with van der Waals surface area (Å²) in [6, 6.07) is 16.8. The average molecular weight is 391 g/mol.